The van der Waals surface area contributed by atoms with Crippen molar-refractivity contribution >= 4 is 27.7 Å². The topological polar surface area (TPSA) is 49.4 Å². The molecule has 0 heterocycles. The lowest BCUT2D eigenvalue weighted by molar-refractivity contribution is -0.140. The van der Waals surface area contributed by atoms with Gasteiger partial charge >= 0.3 is 0 Å². The maximum atomic E-state index is 13.5. The summed E-state index contributed by atoms with van der Waals surface area (Å²) in [6, 6.07) is 26.8. The van der Waals surface area contributed by atoms with Crippen molar-refractivity contribution in [1.82, 2.24) is 10.2 Å². The molecule has 3 aromatic carbocycles. The van der Waals surface area contributed by atoms with E-state index in [1.165, 1.54) is 0 Å². The van der Waals surface area contributed by atoms with Crippen molar-refractivity contribution in [2.45, 2.75) is 38.8 Å². The van der Waals surface area contributed by atoms with Crippen molar-refractivity contribution in [2.24, 2.45) is 0 Å². The second-order valence-corrected chi connectivity index (χ2v) is 8.73. The molecule has 5 heteroatoms. The van der Waals surface area contributed by atoms with E-state index in [-0.39, 0.29) is 18.2 Å². The van der Waals surface area contributed by atoms with Gasteiger partial charge in [0.15, 0.2) is 0 Å². The number of hydrogen-bond acceptors (Lipinski definition) is 2. The molecule has 0 aromatic heterocycles. The van der Waals surface area contributed by atoms with E-state index in [1.54, 1.807) is 4.90 Å². The van der Waals surface area contributed by atoms with Gasteiger partial charge in [0.05, 0.1) is 6.42 Å². The first kappa shape index (κ1) is 23.7. The van der Waals surface area contributed by atoms with Crippen LogP contribution in [-0.2, 0) is 29.0 Å². The normalized spacial score (nSPS) is 11.6. The van der Waals surface area contributed by atoms with E-state index >= 15 is 0 Å². The fraction of sp³-hybridized carbons (Fsp3) is 0.259. The summed E-state index contributed by atoms with van der Waals surface area (Å²) >= 11 is 3.51. The van der Waals surface area contributed by atoms with Crippen LogP contribution < -0.4 is 5.32 Å². The zero-order chi connectivity index (χ0) is 22.8. The zero-order valence-corrected chi connectivity index (χ0v) is 19.9. The molecule has 0 fully saturated rings. The van der Waals surface area contributed by atoms with Gasteiger partial charge < -0.3 is 10.2 Å². The van der Waals surface area contributed by atoms with Crippen molar-refractivity contribution in [2.75, 3.05) is 6.54 Å². The summed E-state index contributed by atoms with van der Waals surface area (Å²) in [6.45, 7) is 2.97. The quantitative estimate of drug-likeness (QED) is 0.424. The van der Waals surface area contributed by atoms with Crippen LogP contribution in [0.4, 0.5) is 0 Å². The third kappa shape index (κ3) is 7.06. The number of benzene rings is 3. The number of nitrogens with one attached hydrogen (secondary N) is 1. The van der Waals surface area contributed by atoms with Gasteiger partial charge in [-0.15, -0.1) is 0 Å². The summed E-state index contributed by atoms with van der Waals surface area (Å²) in [5, 5.41) is 3.01. The predicted molar refractivity (Wildman–Crippen MR) is 132 cm³/mol. The van der Waals surface area contributed by atoms with Crippen molar-refractivity contribution < 1.29 is 9.59 Å². The number of rotatable bonds is 10. The molecule has 0 aliphatic heterocycles. The number of nitrogens with zero attached hydrogens (tertiary/aromatic N) is 1. The molecule has 166 valence electrons. The Labute approximate surface area is 198 Å². The Morgan fingerprint density at radius 3 is 2.12 bits per heavy atom. The predicted octanol–water partition coefficient (Wildman–Crippen LogP) is 5.16. The Bertz CT molecular complexity index is 1010. The molecular weight excluding hydrogens is 464 g/mol. The molecule has 1 N–H and O–H groups in total. The number of hydrogen-bond donors (Lipinski definition) is 1. The van der Waals surface area contributed by atoms with E-state index < -0.39 is 6.04 Å². The van der Waals surface area contributed by atoms with E-state index in [0.717, 1.165) is 27.6 Å². The standard InChI is InChI=1S/C27H29BrN2O2/c1-2-16-29-27(32)25(18-21-10-5-3-6-11-21)30(20-23-14-9-15-24(28)17-23)26(31)19-22-12-7-4-8-13-22/h3-15,17,25H,2,16,18-20H2,1H3,(H,29,32)/t25-/m0/s1. The molecule has 0 saturated heterocycles. The molecule has 0 saturated carbocycles. The van der Waals surface area contributed by atoms with Crippen LogP contribution in [0.3, 0.4) is 0 Å². The molecular formula is C27H29BrN2O2. The Morgan fingerprint density at radius 1 is 0.875 bits per heavy atom. The molecule has 3 rings (SSSR count). The molecule has 0 aliphatic rings. The Kier molecular flexibility index (Phi) is 9.05. The van der Waals surface area contributed by atoms with Crippen molar-refractivity contribution in [3.8, 4) is 0 Å². The first-order chi connectivity index (χ1) is 15.6. The smallest absolute Gasteiger partial charge is 0.243 e. The van der Waals surface area contributed by atoms with Crippen LogP contribution in [0.1, 0.15) is 30.0 Å². The maximum absolute atomic E-state index is 13.5. The average molecular weight is 493 g/mol. The summed E-state index contributed by atoms with van der Waals surface area (Å²) in [7, 11) is 0. The van der Waals surface area contributed by atoms with Gasteiger partial charge in [-0.05, 0) is 35.2 Å². The fourth-order valence-corrected chi connectivity index (χ4v) is 4.07. The lowest BCUT2D eigenvalue weighted by atomic mass is 10.0. The van der Waals surface area contributed by atoms with E-state index in [1.807, 2.05) is 91.9 Å². The zero-order valence-electron chi connectivity index (χ0n) is 18.3. The van der Waals surface area contributed by atoms with E-state index in [4.69, 9.17) is 0 Å². The molecule has 0 spiro atoms. The van der Waals surface area contributed by atoms with E-state index in [0.29, 0.717) is 19.5 Å². The van der Waals surface area contributed by atoms with Crippen LogP contribution in [0.5, 0.6) is 0 Å². The first-order valence-corrected chi connectivity index (χ1v) is 11.8. The summed E-state index contributed by atoms with van der Waals surface area (Å²) < 4.78 is 0.945. The van der Waals surface area contributed by atoms with Crippen LogP contribution in [0.2, 0.25) is 0 Å². The third-order valence-corrected chi connectivity index (χ3v) is 5.75. The minimum Gasteiger partial charge on any atom is -0.354 e. The van der Waals surface area contributed by atoms with Crippen molar-refractivity contribution in [3.63, 3.8) is 0 Å². The molecule has 32 heavy (non-hydrogen) atoms. The Morgan fingerprint density at radius 2 is 1.50 bits per heavy atom. The molecule has 0 aliphatic carbocycles. The van der Waals surface area contributed by atoms with Gasteiger partial charge in [-0.1, -0.05) is 95.7 Å². The van der Waals surface area contributed by atoms with Gasteiger partial charge in [0.2, 0.25) is 11.8 Å². The van der Waals surface area contributed by atoms with Gasteiger partial charge in [-0.2, -0.15) is 0 Å². The maximum Gasteiger partial charge on any atom is 0.243 e. The van der Waals surface area contributed by atoms with E-state index in [9.17, 15) is 9.59 Å². The van der Waals surface area contributed by atoms with Crippen LogP contribution in [0, 0.1) is 0 Å². The number of carbonyl (C=O) groups excluding carboxylic acids is 2. The molecule has 0 bridgehead atoms. The molecule has 0 radical (unpaired) electrons. The lowest BCUT2D eigenvalue weighted by Crippen LogP contribution is -2.51. The molecule has 3 aromatic rings. The highest BCUT2D eigenvalue weighted by atomic mass is 79.9. The number of halogens is 1. The second-order valence-electron chi connectivity index (χ2n) is 7.81. The van der Waals surface area contributed by atoms with Crippen LogP contribution in [-0.4, -0.2) is 29.3 Å². The number of carbonyl (C=O) groups is 2. The minimum absolute atomic E-state index is 0.0660. The van der Waals surface area contributed by atoms with Gasteiger partial charge in [-0.3, -0.25) is 9.59 Å². The van der Waals surface area contributed by atoms with E-state index in [2.05, 4.69) is 21.2 Å². The average Bonchev–Trinajstić information content (AvgIpc) is 2.81. The summed E-state index contributed by atoms with van der Waals surface area (Å²) in [4.78, 5) is 28.5. The van der Waals surface area contributed by atoms with Crippen molar-refractivity contribution in [3.05, 3.63) is 106 Å². The number of amides is 2. The highest BCUT2D eigenvalue weighted by Gasteiger charge is 2.30. The monoisotopic (exact) mass is 492 g/mol. The van der Waals surface area contributed by atoms with Gasteiger partial charge in [0.25, 0.3) is 0 Å². The summed E-state index contributed by atoms with van der Waals surface area (Å²) in [6.07, 6.45) is 1.56. The SMILES string of the molecule is CCCNC(=O)[C@H](Cc1ccccc1)N(Cc1cccc(Br)c1)C(=O)Cc1ccccc1. The van der Waals surface area contributed by atoms with Crippen molar-refractivity contribution in [1.29, 1.82) is 0 Å². The minimum atomic E-state index is -0.598. The first-order valence-electron chi connectivity index (χ1n) is 11.0. The third-order valence-electron chi connectivity index (χ3n) is 5.26. The summed E-state index contributed by atoms with van der Waals surface area (Å²) in [5.74, 6) is -0.184. The Balaban J connectivity index is 1.94. The molecule has 0 unspecified atom stereocenters. The lowest BCUT2D eigenvalue weighted by Gasteiger charge is -2.31. The fourth-order valence-electron chi connectivity index (χ4n) is 3.62. The van der Waals surface area contributed by atoms with Crippen LogP contribution in [0.25, 0.3) is 0 Å². The molecule has 4 nitrogen and oxygen atoms in total. The van der Waals surface area contributed by atoms with Crippen LogP contribution >= 0.6 is 15.9 Å². The Hall–Kier alpha value is -2.92. The van der Waals surface area contributed by atoms with Crippen LogP contribution in [0.15, 0.2) is 89.4 Å². The van der Waals surface area contributed by atoms with Gasteiger partial charge in [-0.25, -0.2) is 0 Å². The highest BCUT2D eigenvalue weighted by Crippen LogP contribution is 2.19. The second kappa shape index (κ2) is 12.2. The largest absolute Gasteiger partial charge is 0.354 e. The van der Waals surface area contributed by atoms with Gasteiger partial charge in [0.1, 0.15) is 6.04 Å². The molecule has 2 amide bonds. The summed E-state index contributed by atoms with van der Waals surface area (Å²) in [5.41, 5.74) is 2.93. The van der Waals surface area contributed by atoms with Gasteiger partial charge in [0, 0.05) is 24.0 Å². The molecule has 1 atom stereocenters. The highest BCUT2D eigenvalue weighted by molar-refractivity contribution is 9.10.